The molecule has 1 aromatic rings. The second-order valence-corrected chi connectivity index (χ2v) is 15.1. The van der Waals surface area contributed by atoms with E-state index in [9.17, 15) is 10.1 Å². The Balaban J connectivity index is 2.97. The first-order valence-corrected chi connectivity index (χ1v) is 11.4. The monoisotopic (exact) mass is 537 g/mol. The first-order valence-electron chi connectivity index (χ1n) is 6.39. The van der Waals surface area contributed by atoms with Crippen LogP contribution in [0.3, 0.4) is 0 Å². The molecule has 10 heteroatoms. The van der Waals surface area contributed by atoms with E-state index in [-0.39, 0.29) is 12.3 Å². The molecule has 5 nitrogen and oxygen atoms in total. The molecule has 1 aromatic carbocycles. The molecule has 0 amide bonds. The van der Waals surface area contributed by atoms with Gasteiger partial charge in [-0.2, -0.15) is 0 Å². The molecule has 22 heavy (non-hydrogen) atoms. The fourth-order valence-corrected chi connectivity index (χ4v) is 4.67. The average Bonchev–Trinajstić information content (AvgIpc) is 2.45. The number of hydrogen-bond acceptors (Lipinski definition) is 5. The van der Waals surface area contributed by atoms with E-state index in [4.69, 9.17) is 20.9 Å². The summed E-state index contributed by atoms with van der Waals surface area (Å²) in [7, 11) is 0. The molecule has 0 bridgehead atoms. The lowest BCUT2D eigenvalue weighted by Crippen LogP contribution is -2.16. The number of halogens is 3. The molecule has 0 aromatic heterocycles. The molecule has 1 rings (SSSR count). The van der Waals surface area contributed by atoms with Crippen molar-refractivity contribution in [3.05, 3.63) is 34.4 Å². The maximum atomic E-state index is 10.7. The van der Waals surface area contributed by atoms with Gasteiger partial charge in [-0.15, -0.1) is 0 Å². The molecule has 1 unspecified atom stereocenters. The minimum atomic E-state index is -2.73. The van der Waals surface area contributed by atoms with Crippen LogP contribution in [0.4, 0.5) is 5.69 Å². The van der Waals surface area contributed by atoms with Crippen molar-refractivity contribution in [2.75, 3.05) is 13.2 Å². The first-order chi connectivity index (χ1) is 10.2. The largest absolute Gasteiger partial charge is 0.326 e. The van der Waals surface area contributed by atoms with Gasteiger partial charge in [0.15, 0.2) is 2.14 Å². The van der Waals surface area contributed by atoms with E-state index in [1.165, 1.54) is 12.1 Å². The van der Waals surface area contributed by atoms with Gasteiger partial charge in [0.2, 0.25) is 6.49 Å². The van der Waals surface area contributed by atoms with Crippen LogP contribution in [-0.2, 0) is 20.9 Å². The lowest BCUT2D eigenvalue weighted by atomic mass is 10.3. The second kappa shape index (κ2) is 9.20. The molecule has 0 fully saturated rings. The topological polar surface area (TPSA) is 61.6 Å². The van der Waals surface area contributed by atoms with Crippen LogP contribution in [0.2, 0.25) is 0 Å². The quantitative estimate of drug-likeness (QED) is 0.149. The van der Waals surface area contributed by atoms with Crippen molar-refractivity contribution in [1.29, 1.82) is 0 Å². The van der Waals surface area contributed by atoms with Crippen LogP contribution < -0.4 is 5.30 Å². The standard InChI is InChI=1S/C12H15Br3NO4PS/c1-2-3-8-19-21(22,20-9-12(13,14)15)11-6-4-10(5-7-11)16(17)18/h4-7H,2-3,8-9H2,1H3. The Kier molecular flexibility index (Phi) is 8.65. The van der Waals surface area contributed by atoms with E-state index in [0.717, 1.165) is 12.8 Å². The number of unbranched alkanes of at least 4 members (excludes halogenated alkanes) is 1. The maximum absolute atomic E-state index is 10.7. The van der Waals surface area contributed by atoms with Gasteiger partial charge in [-0.3, -0.25) is 10.1 Å². The number of benzene rings is 1. The molecule has 0 aliphatic rings. The molecular formula is C12H15Br3NO4PS. The lowest BCUT2D eigenvalue weighted by Gasteiger charge is -2.25. The minimum absolute atomic E-state index is 0.00896. The Morgan fingerprint density at radius 1 is 1.27 bits per heavy atom. The Hall–Kier alpha value is 0.630. The zero-order valence-corrected chi connectivity index (χ0v) is 18.2. The zero-order chi connectivity index (χ0) is 16.8. The molecule has 0 heterocycles. The highest BCUT2D eigenvalue weighted by molar-refractivity contribution is 9.39. The van der Waals surface area contributed by atoms with Crippen LogP contribution in [0.25, 0.3) is 0 Å². The van der Waals surface area contributed by atoms with E-state index < -0.39 is 13.6 Å². The summed E-state index contributed by atoms with van der Waals surface area (Å²) in [5.41, 5.74) is 0.00896. The third kappa shape index (κ3) is 7.03. The van der Waals surface area contributed by atoms with Gasteiger partial charge in [-0.25, -0.2) is 0 Å². The normalized spacial score (nSPS) is 14.5. The van der Waals surface area contributed by atoms with E-state index >= 15 is 0 Å². The van der Waals surface area contributed by atoms with Gasteiger partial charge in [-0.1, -0.05) is 61.1 Å². The molecule has 0 saturated carbocycles. The zero-order valence-electron chi connectivity index (χ0n) is 11.7. The highest BCUT2D eigenvalue weighted by atomic mass is 80.0. The van der Waals surface area contributed by atoms with Crippen molar-refractivity contribution in [2.45, 2.75) is 21.9 Å². The van der Waals surface area contributed by atoms with Crippen LogP contribution in [0.5, 0.6) is 0 Å². The maximum Gasteiger partial charge on any atom is 0.269 e. The van der Waals surface area contributed by atoms with Gasteiger partial charge in [0.1, 0.15) is 0 Å². The van der Waals surface area contributed by atoms with Gasteiger partial charge in [0.05, 0.1) is 18.1 Å². The molecule has 0 aliphatic carbocycles. The molecule has 0 saturated heterocycles. The molecule has 0 aliphatic heterocycles. The van der Waals surface area contributed by atoms with Gasteiger partial charge in [-0.05, 0) is 30.4 Å². The lowest BCUT2D eigenvalue weighted by molar-refractivity contribution is -0.384. The second-order valence-electron chi connectivity index (χ2n) is 4.35. The summed E-state index contributed by atoms with van der Waals surface area (Å²) in [6.07, 6.45) is 1.85. The van der Waals surface area contributed by atoms with Crippen molar-refractivity contribution in [1.82, 2.24) is 0 Å². The smallest absolute Gasteiger partial charge is 0.269 e. The number of nitrogens with zero attached hydrogens (tertiary/aromatic N) is 1. The van der Waals surface area contributed by atoms with Crippen LogP contribution in [0.15, 0.2) is 24.3 Å². The first kappa shape index (κ1) is 20.7. The number of rotatable bonds is 8. The van der Waals surface area contributed by atoms with Crippen molar-refractivity contribution in [3.63, 3.8) is 0 Å². The highest BCUT2D eigenvalue weighted by Gasteiger charge is 2.28. The third-order valence-electron chi connectivity index (χ3n) is 2.53. The average molecular weight is 540 g/mol. The summed E-state index contributed by atoms with van der Waals surface area (Å²) in [6, 6.07) is 6.02. The molecular weight excluding hydrogens is 525 g/mol. The van der Waals surface area contributed by atoms with Crippen LogP contribution >= 0.6 is 54.3 Å². The summed E-state index contributed by atoms with van der Waals surface area (Å²) in [4.78, 5) is 10.3. The summed E-state index contributed by atoms with van der Waals surface area (Å²) >= 11 is 15.6. The van der Waals surface area contributed by atoms with Gasteiger partial charge in [0.25, 0.3) is 5.69 Å². The molecule has 0 spiro atoms. The van der Waals surface area contributed by atoms with Crippen LogP contribution in [0.1, 0.15) is 19.8 Å². The van der Waals surface area contributed by atoms with Gasteiger partial charge >= 0.3 is 0 Å². The van der Waals surface area contributed by atoms with E-state index in [1.807, 2.05) is 0 Å². The molecule has 0 radical (unpaired) electrons. The SMILES string of the molecule is CCCCOP(=S)(OCC(Br)(Br)Br)c1ccc([N+](=O)[O-])cc1. The number of non-ortho nitro benzene ring substituents is 1. The third-order valence-corrected chi connectivity index (χ3v) is 6.41. The van der Waals surface area contributed by atoms with E-state index in [0.29, 0.717) is 11.9 Å². The number of nitro benzene ring substituents is 1. The predicted molar refractivity (Wildman–Crippen MR) is 103 cm³/mol. The molecule has 0 N–H and O–H groups in total. The van der Waals surface area contributed by atoms with Crippen LogP contribution in [-0.4, -0.2) is 20.3 Å². The Morgan fingerprint density at radius 3 is 2.32 bits per heavy atom. The van der Waals surface area contributed by atoms with Crippen molar-refractivity contribution in [3.8, 4) is 0 Å². The Bertz CT molecular complexity index is 550. The van der Waals surface area contributed by atoms with E-state index in [2.05, 4.69) is 54.7 Å². The summed E-state index contributed by atoms with van der Waals surface area (Å²) in [6.45, 7) is 0.0487. The van der Waals surface area contributed by atoms with Crippen molar-refractivity contribution in [2.24, 2.45) is 0 Å². The predicted octanol–water partition coefficient (Wildman–Crippen LogP) is 5.20. The van der Waals surface area contributed by atoms with Crippen LogP contribution in [0, 0.1) is 10.1 Å². The van der Waals surface area contributed by atoms with Gasteiger partial charge in [0, 0.05) is 17.4 Å². The number of hydrogen-bond donors (Lipinski definition) is 0. The molecule has 1 atom stereocenters. The number of alkyl halides is 3. The fourth-order valence-electron chi connectivity index (χ4n) is 1.43. The number of nitro groups is 1. The Labute approximate surface area is 159 Å². The van der Waals surface area contributed by atoms with Gasteiger partial charge < -0.3 is 9.05 Å². The highest BCUT2D eigenvalue weighted by Crippen LogP contribution is 2.50. The summed E-state index contributed by atoms with van der Waals surface area (Å²) in [5, 5.41) is 11.4. The molecule has 124 valence electrons. The van der Waals surface area contributed by atoms with Crippen molar-refractivity contribution >= 4 is 77.1 Å². The minimum Gasteiger partial charge on any atom is -0.326 e. The Morgan fingerprint density at radius 2 is 1.86 bits per heavy atom. The summed E-state index contributed by atoms with van der Waals surface area (Å²) in [5.74, 6) is 0. The van der Waals surface area contributed by atoms with E-state index in [1.54, 1.807) is 12.1 Å². The fraction of sp³-hybridized carbons (Fsp3) is 0.500. The summed E-state index contributed by atoms with van der Waals surface area (Å²) < 4.78 is 11.1. The van der Waals surface area contributed by atoms with Crippen molar-refractivity contribution < 1.29 is 14.0 Å².